The molecule has 98 valence electrons. The van der Waals surface area contributed by atoms with Crippen LogP contribution in [0.4, 0.5) is 0 Å². The van der Waals surface area contributed by atoms with Gasteiger partial charge in [-0.25, -0.2) is 0 Å². The zero-order valence-corrected chi connectivity index (χ0v) is 10.8. The fourth-order valence-corrected chi connectivity index (χ4v) is 2.14. The van der Waals surface area contributed by atoms with Gasteiger partial charge in [-0.15, -0.1) is 0 Å². The van der Waals surface area contributed by atoms with E-state index in [1.807, 2.05) is 18.2 Å². The molecule has 18 heavy (non-hydrogen) atoms. The first-order valence-electron chi connectivity index (χ1n) is 6.22. The van der Waals surface area contributed by atoms with Crippen LogP contribution in [-0.2, 0) is 11.2 Å². The third kappa shape index (κ3) is 2.82. The Balaban J connectivity index is 1.90. The number of carbonyl (C=O) groups excluding carboxylic acids is 1. The molecule has 4 nitrogen and oxygen atoms in total. The molecule has 0 bridgehead atoms. The first kappa shape index (κ1) is 12.9. The number of nitrogens with zero attached hydrogens (tertiary/aromatic N) is 1. The topological polar surface area (TPSA) is 49.8 Å². The van der Waals surface area contributed by atoms with E-state index in [9.17, 15) is 9.90 Å². The van der Waals surface area contributed by atoms with E-state index in [-0.39, 0.29) is 12.0 Å². The summed E-state index contributed by atoms with van der Waals surface area (Å²) in [6.07, 6.45) is 1.74. The van der Waals surface area contributed by atoms with Crippen molar-refractivity contribution >= 4 is 5.91 Å². The van der Waals surface area contributed by atoms with Crippen molar-refractivity contribution in [3.8, 4) is 5.75 Å². The van der Waals surface area contributed by atoms with E-state index >= 15 is 0 Å². The van der Waals surface area contributed by atoms with Crippen molar-refractivity contribution in [1.82, 2.24) is 4.90 Å². The van der Waals surface area contributed by atoms with Crippen LogP contribution in [0.5, 0.6) is 5.75 Å². The molecule has 0 spiro atoms. The number of benzene rings is 1. The summed E-state index contributed by atoms with van der Waals surface area (Å²) in [7, 11) is 3.47. The Labute approximate surface area is 107 Å². The number of aliphatic hydroxyl groups is 1. The highest BCUT2D eigenvalue weighted by molar-refractivity contribution is 5.75. The van der Waals surface area contributed by atoms with Gasteiger partial charge in [0.05, 0.1) is 19.1 Å². The number of ether oxygens (including phenoxy) is 1. The molecule has 0 fully saturated rings. The summed E-state index contributed by atoms with van der Waals surface area (Å²) in [5.74, 6) is 0.834. The molecule has 0 heterocycles. The summed E-state index contributed by atoms with van der Waals surface area (Å²) in [5.41, 5.74) is 2.16. The zero-order valence-electron chi connectivity index (χ0n) is 10.8. The van der Waals surface area contributed by atoms with Gasteiger partial charge in [-0.2, -0.15) is 0 Å². The summed E-state index contributed by atoms with van der Waals surface area (Å²) in [4.78, 5) is 12.9. The summed E-state index contributed by atoms with van der Waals surface area (Å²) >= 11 is 0. The Bertz CT molecular complexity index is 443. The molecule has 1 amide bonds. The maximum atomic E-state index is 11.4. The Morgan fingerprint density at radius 1 is 1.50 bits per heavy atom. The molecular formula is C14H19NO3. The first-order chi connectivity index (χ1) is 8.58. The first-order valence-corrected chi connectivity index (χ1v) is 6.22. The van der Waals surface area contributed by atoms with Crippen LogP contribution in [-0.4, -0.2) is 36.6 Å². The standard InChI is InChI=1S/C14H19NO3/c1-15(2)14(17)7-8-18-11-4-5-12-10(9-11)3-6-13(12)16/h4-5,9,13,16H,3,6-8H2,1-2H3/t13-/m1/s1. The minimum absolute atomic E-state index is 0.0617. The average molecular weight is 249 g/mol. The highest BCUT2D eigenvalue weighted by atomic mass is 16.5. The minimum atomic E-state index is -0.329. The molecule has 0 unspecified atom stereocenters. The Morgan fingerprint density at radius 3 is 3.00 bits per heavy atom. The smallest absolute Gasteiger partial charge is 0.225 e. The summed E-state index contributed by atoms with van der Waals surface area (Å²) in [5, 5.41) is 9.69. The van der Waals surface area contributed by atoms with Gasteiger partial charge in [0.1, 0.15) is 5.75 Å². The van der Waals surface area contributed by atoms with Crippen molar-refractivity contribution in [2.45, 2.75) is 25.4 Å². The van der Waals surface area contributed by atoms with Crippen LogP contribution in [0.25, 0.3) is 0 Å². The van der Waals surface area contributed by atoms with E-state index in [0.29, 0.717) is 13.0 Å². The van der Waals surface area contributed by atoms with Gasteiger partial charge in [-0.05, 0) is 36.1 Å². The maximum Gasteiger partial charge on any atom is 0.225 e. The van der Waals surface area contributed by atoms with E-state index in [2.05, 4.69) is 0 Å². The molecule has 2 rings (SSSR count). The number of hydrogen-bond donors (Lipinski definition) is 1. The highest BCUT2D eigenvalue weighted by Crippen LogP contribution is 2.33. The van der Waals surface area contributed by atoms with Crippen LogP contribution in [0.3, 0.4) is 0 Å². The summed E-state index contributed by atoms with van der Waals surface area (Å²) < 4.78 is 5.56. The van der Waals surface area contributed by atoms with Gasteiger partial charge in [0, 0.05) is 14.1 Å². The van der Waals surface area contributed by atoms with Gasteiger partial charge in [0.2, 0.25) is 5.91 Å². The molecule has 1 aliphatic carbocycles. The van der Waals surface area contributed by atoms with E-state index in [4.69, 9.17) is 4.74 Å². The average Bonchev–Trinajstić information content (AvgIpc) is 2.70. The molecule has 0 aromatic heterocycles. The number of aliphatic hydroxyl groups excluding tert-OH is 1. The van der Waals surface area contributed by atoms with E-state index < -0.39 is 0 Å². The van der Waals surface area contributed by atoms with E-state index in [0.717, 1.165) is 29.7 Å². The number of carbonyl (C=O) groups is 1. The molecule has 4 heteroatoms. The number of aryl methyl sites for hydroxylation is 1. The summed E-state index contributed by atoms with van der Waals surface area (Å²) in [6.45, 7) is 0.387. The van der Waals surface area contributed by atoms with Gasteiger partial charge in [-0.1, -0.05) is 6.07 Å². The molecule has 0 aliphatic heterocycles. The van der Waals surface area contributed by atoms with Crippen LogP contribution in [0.15, 0.2) is 18.2 Å². The Morgan fingerprint density at radius 2 is 2.28 bits per heavy atom. The second-order valence-corrected chi connectivity index (χ2v) is 4.80. The predicted molar refractivity (Wildman–Crippen MR) is 68.5 cm³/mol. The van der Waals surface area contributed by atoms with Crippen molar-refractivity contribution in [2.24, 2.45) is 0 Å². The monoisotopic (exact) mass is 249 g/mol. The molecule has 1 aromatic rings. The Kier molecular flexibility index (Phi) is 3.87. The lowest BCUT2D eigenvalue weighted by atomic mass is 10.1. The van der Waals surface area contributed by atoms with Crippen molar-refractivity contribution in [3.05, 3.63) is 29.3 Å². The third-order valence-electron chi connectivity index (χ3n) is 3.24. The zero-order chi connectivity index (χ0) is 13.1. The molecule has 0 saturated carbocycles. The van der Waals surface area contributed by atoms with Crippen LogP contribution in [0, 0.1) is 0 Å². The number of amides is 1. The van der Waals surface area contributed by atoms with E-state index in [1.165, 1.54) is 0 Å². The number of rotatable bonds is 4. The fraction of sp³-hybridized carbons (Fsp3) is 0.500. The second kappa shape index (κ2) is 5.40. The van der Waals surface area contributed by atoms with Crippen molar-refractivity contribution in [3.63, 3.8) is 0 Å². The molecule has 1 atom stereocenters. The van der Waals surface area contributed by atoms with E-state index in [1.54, 1.807) is 19.0 Å². The van der Waals surface area contributed by atoms with Crippen LogP contribution in [0.2, 0.25) is 0 Å². The highest BCUT2D eigenvalue weighted by Gasteiger charge is 2.20. The molecule has 1 N–H and O–H groups in total. The lowest BCUT2D eigenvalue weighted by Crippen LogP contribution is -2.23. The van der Waals surface area contributed by atoms with Crippen LogP contribution >= 0.6 is 0 Å². The van der Waals surface area contributed by atoms with Gasteiger partial charge < -0.3 is 14.7 Å². The fourth-order valence-electron chi connectivity index (χ4n) is 2.14. The Hall–Kier alpha value is -1.55. The quantitative estimate of drug-likeness (QED) is 0.880. The van der Waals surface area contributed by atoms with Crippen molar-refractivity contribution in [2.75, 3.05) is 20.7 Å². The largest absolute Gasteiger partial charge is 0.493 e. The van der Waals surface area contributed by atoms with Gasteiger partial charge >= 0.3 is 0 Å². The number of hydrogen-bond acceptors (Lipinski definition) is 3. The predicted octanol–water partition coefficient (Wildman–Crippen LogP) is 1.52. The normalized spacial score (nSPS) is 17.4. The number of fused-ring (bicyclic) bond motifs is 1. The van der Waals surface area contributed by atoms with Crippen molar-refractivity contribution in [1.29, 1.82) is 0 Å². The lowest BCUT2D eigenvalue weighted by Gasteiger charge is -2.11. The summed E-state index contributed by atoms with van der Waals surface area (Å²) in [6, 6.07) is 5.73. The molecular weight excluding hydrogens is 230 g/mol. The van der Waals surface area contributed by atoms with Crippen LogP contribution in [0.1, 0.15) is 30.1 Å². The molecule has 0 saturated heterocycles. The van der Waals surface area contributed by atoms with Crippen molar-refractivity contribution < 1.29 is 14.6 Å². The molecule has 1 aliphatic rings. The molecule has 1 aromatic carbocycles. The lowest BCUT2D eigenvalue weighted by molar-refractivity contribution is -0.129. The second-order valence-electron chi connectivity index (χ2n) is 4.80. The maximum absolute atomic E-state index is 11.4. The van der Waals surface area contributed by atoms with Gasteiger partial charge in [-0.3, -0.25) is 4.79 Å². The van der Waals surface area contributed by atoms with Crippen LogP contribution < -0.4 is 4.74 Å². The SMILES string of the molecule is CN(C)C(=O)CCOc1ccc2c(c1)CC[C@H]2O. The third-order valence-corrected chi connectivity index (χ3v) is 3.24. The minimum Gasteiger partial charge on any atom is -0.493 e. The van der Waals surface area contributed by atoms with Gasteiger partial charge in [0.25, 0.3) is 0 Å². The molecule has 0 radical (unpaired) electrons. The van der Waals surface area contributed by atoms with Gasteiger partial charge in [0.15, 0.2) is 0 Å².